The van der Waals surface area contributed by atoms with Crippen LogP contribution >= 0.6 is 0 Å². The van der Waals surface area contributed by atoms with Crippen LogP contribution in [0, 0.1) is 0 Å². The summed E-state index contributed by atoms with van der Waals surface area (Å²) in [5.74, 6) is -0.460. The summed E-state index contributed by atoms with van der Waals surface area (Å²) >= 11 is 0. The second-order valence-electron chi connectivity index (χ2n) is 5.30. The lowest BCUT2D eigenvalue weighted by atomic mass is 10.3. The third kappa shape index (κ3) is 6.36. The highest BCUT2D eigenvalue weighted by Crippen LogP contribution is 2.22. The van der Waals surface area contributed by atoms with E-state index in [2.05, 4.69) is 6.92 Å². The maximum absolute atomic E-state index is 5.72. The van der Waals surface area contributed by atoms with Gasteiger partial charge in [-0.2, -0.15) is 0 Å². The Morgan fingerprint density at radius 1 is 1.24 bits per heavy atom. The van der Waals surface area contributed by atoms with E-state index >= 15 is 0 Å². The number of rotatable bonds is 7. The van der Waals surface area contributed by atoms with Crippen LogP contribution in [0.4, 0.5) is 0 Å². The van der Waals surface area contributed by atoms with E-state index in [-0.39, 0.29) is 18.3 Å². The maximum atomic E-state index is 5.72. The minimum absolute atomic E-state index is 0.0541. The molecule has 1 rings (SSSR count). The number of hydrogen-bond donors (Lipinski definition) is 0. The normalized spacial score (nSPS) is 25.4. The largest absolute Gasteiger partial charge is 0.379 e. The van der Waals surface area contributed by atoms with Gasteiger partial charge in [0.15, 0.2) is 5.79 Å². The Labute approximate surface area is 105 Å². The first kappa shape index (κ1) is 14.9. The van der Waals surface area contributed by atoms with Crippen molar-refractivity contribution in [2.75, 3.05) is 19.8 Å². The van der Waals surface area contributed by atoms with Crippen molar-refractivity contribution in [3.05, 3.63) is 0 Å². The number of ether oxygens (including phenoxy) is 4. The average Bonchev–Trinajstić information content (AvgIpc) is 2.55. The van der Waals surface area contributed by atoms with Crippen LogP contribution in [0.3, 0.4) is 0 Å². The molecule has 4 heteroatoms. The molecule has 0 radical (unpaired) electrons. The van der Waals surface area contributed by atoms with Crippen molar-refractivity contribution in [3.8, 4) is 0 Å². The fourth-order valence-electron chi connectivity index (χ4n) is 1.67. The van der Waals surface area contributed by atoms with Gasteiger partial charge in [0.05, 0.1) is 25.4 Å². The Morgan fingerprint density at radius 3 is 2.47 bits per heavy atom. The predicted octanol–water partition coefficient (Wildman–Crippen LogP) is 2.36. The molecule has 1 aliphatic rings. The van der Waals surface area contributed by atoms with Crippen LogP contribution in [0.5, 0.6) is 0 Å². The maximum Gasteiger partial charge on any atom is 0.163 e. The molecule has 0 aromatic heterocycles. The van der Waals surface area contributed by atoms with Gasteiger partial charge in [-0.25, -0.2) is 0 Å². The van der Waals surface area contributed by atoms with Gasteiger partial charge in [-0.1, -0.05) is 0 Å². The van der Waals surface area contributed by atoms with Crippen LogP contribution < -0.4 is 0 Å². The highest BCUT2D eigenvalue weighted by Gasteiger charge is 2.32. The Kier molecular flexibility index (Phi) is 5.86. The van der Waals surface area contributed by atoms with Crippen LogP contribution in [0.1, 0.15) is 41.0 Å². The molecule has 4 nitrogen and oxygen atoms in total. The smallest absolute Gasteiger partial charge is 0.163 e. The Bertz CT molecular complexity index is 215. The van der Waals surface area contributed by atoms with E-state index in [0.717, 1.165) is 13.0 Å². The molecule has 0 bridgehead atoms. The van der Waals surface area contributed by atoms with E-state index in [4.69, 9.17) is 18.9 Å². The zero-order valence-corrected chi connectivity index (χ0v) is 11.7. The van der Waals surface area contributed by atoms with E-state index in [9.17, 15) is 0 Å². The average molecular weight is 246 g/mol. The summed E-state index contributed by atoms with van der Waals surface area (Å²) in [6.45, 7) is 11.9. The topological polar surface area (TPSA) is 36.9 Å². The fourth-order valence-corrected chi connectivity index (χ4v) is 1.67. The fraction of sp³-hybridized carbons (Fsp3) is 1.00. The Balaban J connectivity index is 2.06. The SMILES string of the molecule is CC(C)OCCC(C)OCC1COC(C)(C)O1. The zero-order valence-electron chi connectivity index (χ0n) is 11.7. The van der Waals surface area contributed by atoms with Crippen molar-refractivity contribution >= 4 is 0 Å². The molecule has 1 aliphatic heterocycles. The minimum atomic E-state index is -0.460. The first-order valence-corrected chi connectivity index (χ1v) is 6.44. The van der Waals surface area contributed by atoms with Crippen molar-refractivity contribution in [3.63, 3.8) is 0 Å². The molecule has 1 fully saturated rings. The lowest BCUT2D eigenvalue weighted by Crippen LogP contribution is -2.26. The number of hydrogen-bond acceptors (Lipinski definition) is 4. The molecule has 0 saturated carbocycles. The first-order chi connectivity index (χ1) is 7.89. The zero-order chi connectivity index (χ0) is 12.9. The molecule has 0 aromatic carbocycles. The second-order valence-corrected chi connectivity index (χ2v) is 5.30. The van der Waals surface area contributed by atoms with Crippen molar-refractivity contribution in [1.29, 1.82) is 0 Å². The van der Waals surface area contributed by atoms with Gasteiger partial charge < -0.3 is 18.9 Å². The Hall–Kier alpha value is -0.160. The summed E-state index contributed by atoms with van der Waals surface area (Å²) in [7, 11) is 0. The van der Waals surface area contributed by atoms with Crippen LogP contribution in [0.15, 0.2) is 0 Å². The lowest BCUT2D eigenvalue weighted by molar-refractivity contribution is -0.147. The lowest BCUT2D eigenvalue weighted by Gasteiger charge is -2.19. The van der Waals surface area contributed by atoms with E-state index < -0.39 is 5.79 Å². The minimum Gasteiger partial charge on any atom is -0.379 e. The van der Waals surface area contributed by atoms with E-state index in [1.165, 1.54) is 0 Å². The summed E-state index contributed by atoms with van der Waals surface area (Å²) in [4.78, 5) is 0. The molecular formula is C13H26O4. The van der Waals surface area contributed by atoms with Crippen LogP contribution in [-0.2, 0) is 18.9 Å². The van der Waals surface area contributed by atoms with Crippen molar-refractivity contribution < 1.29 is 18.9 Å². The van der Waals surface area contributed by atoms with Crippen LogP contribution in [-0.4, -0.2) is 43.9 Å². The quantitative estimate of drug-likeness (QED) is 0.691. The molecule has 17 heavy (non-hydrogen) atoms. The van der Waals surface area contributed by atoms with E-state index in [1.807, 2.05) is 27.7 Å². The summed E-state index contributed by atoms with van der Waals surface area (Å²) in [5, 5.41) is 0. The van der Waals surface area contributed by atoms with Crippen molar-refractivity contribution in [1.82, 2.24) is 0 Å². The van der Waals surface area contributed by atoms with Gasteiger partial charge in [-0.05, 0) is 41.0 Å². The summed E-state index contributed by atoms with van der Waals surface area (Å²) in [6, 6.07) is 0. The van der Waals surface area contributed by atoms with Gasteiger partial charge in [0.2, 0.25) is 0 Å². The molecule has 102 valence electrons. The molecule has 2 atom stereocenters. The van der Waals surface area contributed by atoms with E-state index in [1.54, 1.807) is 0 Å². The molecule has 0 spiro atoms. The van der Waals surface area contributed by atoms with Crippen molar-refractivity contribution in [2.45, 2.75) is 65.1 Å². The summed E-state index contributed by atoms with van der Waals surface area (Å²) in [5.41, 5.74) is 0. The molecule has 1 saturated heterocycles. The monoisotopic (exact) mass is 246 g/mol. The van der Waals surface area contributed by atoms with Gasteiger partial charge in [0.1, 0.15) is 6.10 Å². The molecule has 1 heterocycles. The standard InChI is InChI=1S/C13H26O4/c1-10(2)14-7-6-11(3)15-8-12-9-16-13(4,5)17-12/h10-12H,6-9H2,1-5H3. The highest BCUT2D eigenvalue weighted by molar-refractivity contribution is 4.70. The third-order valence-electron chi connectivity index (χ3n) is 2.61. The van der Waals surface area contributed by atoms with Gasteiger partial charge in [-0.15, -0.1) is 0 Å². The molecule has 0 N–H and O–H groups in total. The molecule has 0 aliphatic carbocycles. The van der Waals surface area contributed by atoms with Gasteiger partial charge in [0, 0.05) is 6.61 Å². The van der Waals surface area contributed by atoms with Gasteiger partial charge >= 0.3 is 0 Å². The molecular weight excluding hydrogens is 220 g/mol. The predicted molar refractivity (Wildman–Crippen MR) is 66.0 cm³/mol. The van der Waals surface area contributed by atoms with E-state index in [0.29, 0.717) is 13.2 Å². The Morgan fingerprint density at radius 2 is 1.94 bits per heavy atom. The van der Waals surface area contributed by atoms with Crippen LogP contribution in [0.2, 0.25) is 0 Å². The first-order valence-electron chi connectivity index (χ1n) is 6.44. The van der Waals surface area contributed by atoms with Gasteiger partial charge in [0.25, 0.3) is 0 Å². The summed E-state index contributed by atoms with van der Waals surface area (Å²) < 4.78 is 22.3. The highest BCUT2D eigenvalue weighted by atomic mass is 16.7. The van der Waals surface area contributed by atoms with Gasteiger partial charge in [-0.3, -0.25) is 0 Å². The van der Waals surface area contributed by atoms with Crippen LogP contribution in [0.25, 0.3) is 0 Å². The van der Waals surface area contributed by atoms with Crippen molar-refractivity contribution in [2.24, 2.45) is 0 Å². The molecule has 0 aromatic rings. The third-order valence-corrected chi connectivity index (χ3v) is 2.61. The summed E-state index contributed by atoms with van der Waals surface area (Å²) in [6.07, 6.45) is 1.45. The molecule has 2 unspecified atom stereocenters. The second kappa shape index (κ2) is 6.69. The molecule has 0 amide bonds.